The van der Waals surface area contributed by atoms with Crippen LogP contribution in [0.2, 0.25) is 0 Å². The molecular weight excluding hydrogens is 266 g/mol. The van der Waals surface area contributed by atoms with Gasteiger partial charge in [0, 0.05) is 11.9 Å². The third-order valence-corrected chi connectivity index (χ3v) is 4.86. The highest BCUT2D eigenvalue weighted by molar-refractivity contribution is 6.06. The van der Waals surface area contributed by atoms with Crippen molar-refractivity contribution in [3.8, 4) is 0 Å². The third kappa shape index (κ3) is 1.87. The molecule has 1 aliphatic heterocycles. The predicted molar refractivity (Wildman–Crippen MR) is 79.3 cm³/mol. The van der Waals surface area contributed by atoms with Gasteiger partial charge in [0.1, 0.15) is 0 Å². The first kappa shape index (κ1) is 12.8. The molecule has 5 heteroatoms. The van der Waals surface area contributed by atoms with Gasteiger partial charge in [-0.1, -0.05) is 0 Å². The maximum Gasteiger partial charge on any atom is 0.256 e. The molecule has 4 rings (SSSR count). The number of ether oxygens (including phenoxy) is 1. The van der Waals surface area contributed by atoms with Crippen LogP contribution in [0.5, 0.6) is 0 Å². The topological polar surface area (TPSA) is 58.2 Å². The Morgan fingerprint density at radius 1 is 1.43 bits per heavy atom. The molecule has 2 aromatic rings. The number of nitrogens with one attached hydrogen (secondary N) is 1. The van der Waals surface area contributed by atoms with Crippen LogP contribution < -0.4 is 0 Å². The lowest BCUT2D eigenvalue weighted by Gasteiger charge is -2.52. The van der Waals surface area contributed by atoms with Crippen LogP contribution in [0.3, 0.4) is 0 Å². The molecule has 1 spiro atoms. The van der Waals surface area contributed by atoms with Gasteiger partial charge in [0.2, 0.25) is 0 Å². The Hall–Kier alpha value is -1.88. The van der Waals surface area contributed by atoms with E-state index in [1.807, 2.05) is 24.0 Å². The van der Waals surface area contributed by atoms with Crippen LogP contribution in [0, 0.1) is 6.92 Å². The van der Waals surface area contributed by atoms with Crippen molar-refractivity contribution >= 4 is 16.8 Å². The molecule has 5 nitrogen and oxygen atoms in total. The molecule has 0 radical (unpaired) electrons. The average molecular weight is 285 g/mol. The van der Waals surface area contributed by atoms with Gasteiger partial charge in [-0.25, -0.2) is 0 Å². The van der Waals surface area contributed by atoms with Crippen molar-refractivity contribution in [2.75, 3.05) is 19.8 Å². The van der Waals surface area contributed by atoms with Gasteiger partial charge < -0.3 is 9.64 Å². The minimum absolute atomic E-state index is 0.0641. The van der Waals surface area contributed by atoms with Crippen molar-refractivity contribution in [1.29, 1.82) is 0 Å². The number of H-pyrrole nitrogens is 1. The normalized spacial score (nSPS) is 20.7. The fourth-order valence-corrected chi connectivity index (χ4v) is 3.57. The molecule has 1 amide bonds. The number of hydrogen-bond acceptors (Lipinski definition) is 3. The molecule has 110 valence electrons. The summed E-state index contributed by atoms with van der Waals surface area (Å²) in [6.45, 7) is 4.01. The van der Waals surface area contributed by atoms with Gasteiger partial charge in [0.15, 0.2) is 0 Å². The van der Waals surface area contributed by atoms with Gasteiger partial charge in [-0.3, -0.25) is 9.89 Å². The molecule has 2 heterocycles. The Bertz CT molecular complexity index is 703. The largest absolute Gasteiger partial charge is 0.377 e. The quantitative estimate of drug-likeness (QED) is 0.874. The number of rotatable bonds is 1. The van der Waals surface area contributed by atoms with Gasteiger partial charge >= 0.3 is 0 Å². The number of fused-ring (bicyclic) bond motifs is 1. The number of carbonyl (C=O) groups excluding carboxylic acids is 1. The van der Waals surface area contributed by atoms with Crippen LogP contribution >= 0.6 is 0 Å². The zero-order valence-electron chi connectivity index (χ0n) is 12.2. The van der Waals surface area contributed by atoms with Crippen molar-refractivity contribution in [3.05, 3.63) is 29.5 Å². The third-order valence-electron chi connectivity index (χ3n) is 4.86. The van der Waals surface area contributed by atoms with Crippen LogP contribution in [-0.2, 0) is 4.74 Å². The highest BCUT2D eigenvalue weighted by Gasteiger charge is 2.47. The van der Waals surface area contributed by atoms with E-state index < -0.39 is 0 Å². The summed E-state index contributed by atoms with van der Waals surface area (Å²) in [5.74, 6) is 0.107. The van der Waals surface area contributed by atoms with Crippen LogP contribution in [0.1, 0.15) is 35.2 Å². The molecular formula is C16H19N3O2. The fourth-order valence-electron chi connectivity index (χ4n) is 3.57. The van der Waals surface area contributed by atoms with Gasteiger partial charge in [-0.2, -0.15) is 5.10 Å². The van der Waals surface area contributed by atoms with Gasteiger partial charge in [-0.05, 0) is 43.9 Å². The lowest BCUT2D eigenvalue weighted by atomic mass is 9.75. The SMILES string of the molecule is Cc1cc(C(=O)N2CCOCC23CCC3)c2[nH]ncc2c1. The standard InChI is InChI=1S/C16H19N3O2/c1-11-7-12-9-17-18-14(12)13(8-11)15(20)19-5-6-21-10-16(19)3-2-4-16/h7-9H,2-6,10H2,1H3,(H,17,18). The van der Waals surface area contributed by atoms with E-state index in [4.69, 9.17) is 4.74 Å². The van der Waals surface area contributed by atoms with E-state index in [1.54, 1.807) is 6.20 Å². The lowest BCUT2D eigenvalue weighted by molar-refractivity contribution is -0.0876. The Labute approximate surface area is 123 Å². The molecule has 1 N–H and O–H groups in total. The van der Waals surface area contributed by atoms with E-state index in [0.29, 0.717) is 19.8 Å². The maximum absolute atomic E-state index is 13.1. The summed E-state index contributed by atoms with van der Waals surface area (Å²) in [7, 11) is 0. The monoisotopic (exact) mass is 285 g/mol. The summed E-state index contributed by atoms with van der Waals surface area (Å²) in [6, 6.07) is 4.01. The average Bonchev–Trinajstić information content (AvgIpc) is 2.92. The summed E-state index contributed by atoms with van der Waals surface area (Å²) < 4.78 is 5.63. The number of morpholine rings is 1. The summed E-state index contributed by atoms with van der Waals surface area (Å²) in [4.78, 5) is 15.1. The number of aromatic amines is 1. The minimum Gasteiger partial charge on any atom is -0.377 e. The Morgan fingerprint density at radius 3 is 3.05 bits per heavy atom. The first-order valence-electron chi connectivity index (χ1n) is 7.53. The smallest absolute Gasteiger partial charge is 0.256 e. The number of amides is 1. The number of aryl methyl sites for hydroxylation is 1. The molecule has 21 heavy (non-hydrogen) atoms. The summed E-state index contributed by atoms with van der Waals surface area (Å²) >= 11 is 0. The lowest BCUT2D eigenvalue weighted by Crippen LogP contribution is -2.62. The molecule has 2 fully saturated rings. The second-order valence-electron chi connectivity index (χ2n) is 6.23. The Balaban J connectivity index is 1.77. The van der Waals surface area contributed by atoms with E-state index in [2.05, 4.69) is 10.2 Å². The Morgan fingerprint density at radius 2 is 2.29 bits per heavy atom. The number of hydrogen-bond donors (Lipinski definition) is 1. The zero-order valence-corrected chi connectivity index (χ0v) is 12.2. The first-order valence-corrected chi connectivity index (χ1v) is 7.53. The molecule has 1 saturated heterocycles. The van der Waals surface area contributed by atoms with Crippen molar-refractivity contribution in [3.63, 3.8) is 0 Å². The van der Waals surface area contributed by atoms with Crippen molar-refractivity contribution in [2.24, 2.45) is 0 Å². The second-order valence-corrected chi connectivity index (χ2v) is 6.23. The van der Waals surface area contributed by atoms with Crippen LogP contribution in [0.15, 0.2) is 18.3 Å². The van der Waals surface area contributed by atoms with Crippen molar-refractivity contribution in [2.45, 2.75) is 31.7 Å². The molecule has 1 aromatic carbocycles. The highest BCUT2D eigenvalue weighted by Crippen LogP contribution is 2.40. The minimum atomic E-state index is -0.0641. The fraction of sp³-hybridized carbons (Fsp3) is 0.500. The molecule has 1 saturated carbocycles. The van der Waals surface area contributed by atoms with Crippen LogP contribution in [0.25, 0.3) is 10.9 Å². The molecule has 0 atom stereocenters. The predicted octanol–water partition coefficient (Wildman–Crippen LogP) is 2.27. The number of benzene rings is 1. The highest BCUT2D eigenvalue weighted by atomic mass is 16.5. The molecule has 2 aliphatic rings. The first-order chi connectivity index (χ1) is 10.2. The van der Waals surface area contributed by atoms with E-state index in [-0.39, 0.29) is 11.4 Å². The van der Waals surface area contributed by atoms with Crippen molar-refractivity contribution < 1.29 is 9.53 Å². The number of carbonyl (C=O) groups is 1. The van der Waals surface area contributed by atoms with Gasteiger partial charge in [-0.15, -0.1) is 0 Å². The second kappa shape index (κ2) is 4.56. The van der Waals surface area contributed by atoms with Gasteiger partial charge in [0.05, 0.1) is 36.0 Å². The molecule has 1 aromatic heterocycles. The Kier molecular flexibility index (Phi) is 2.79. The van der Waals surface area contributed by atoms with E-state index in [1.165, 1.54) is 6.42 Å². The van der Waals surface area contributed by atoms with E-state index in [0.717, 1.165) is 34.9 Å². The zero-order chi connectivity index (χ0) is 14.4. The molecule has 0 bridgehead atoms. The number of aromatic nitrogens is 2. The summed E-state index contributed by atoms with van der Waals surface area (Å²) in [6.07, 6.45) is 5.06. The summed E-state index contributed by atoms with van der Waals surface area (Å²) in [5, 5.41) is 8.05. The van der Waals surface area contributed by atoms with Crippen molar-refractivity contribution in [1.82, 2.24) is 15.1 Å². The van der Waals surface area contributed by atoms with Gasteiger partial charge in [0.25, 0.3) is 5.91 Å². The van der Waals surface area contributed by atoms with E-state index in [9.17, 15) is 4.79 Å². The maximum atomic E-state index is 13.1. The molecule has 1 aliphatic carbocycles. The van der Waals surface area contributed by atoms with E-state index >= 15 is 0 Å². The summed E-state index contributed by atoms with van der Waals surface area (Å²) in [5.41, 5.74) is 2.59. The number of nitrogens with zero attached hydrogens (tertiary/aromatic N) is 2. The molecule has 0 unspecified atom stereocenters. The van der Waals surface area contributed by atoms with Crippen LogP contribution in [0.4, 0.5) is 0 Å². The van der Waals surface area contributed by atoms with Crippen LogP contribution in [-0.4, -0.2) is 46.3 Å².